The number of phenols is 1. The molecule has 0 aliphatic rings. The third kappa shape index (κ3) is 2.45. The van der Waals surface area contributed by atoms with Crippen LogP contribution in [0.25, 0.3) is 22.0 Å². The molecule has 0 saturated carbocycles. The molecule has 106 valence electrons. The van der Waals surface area contributed by atoms with Crippen LogP contribution in [0.1, 0.15) is 0 Å². The van der Waals surface area contributed by atoms with Gasteiger partial charge in [-0.3, -0.25) is 0 Å². The molecular formula is C16H15N3O2. The Labute approximate surface area is 122 Å². The number of anilines is 1. The minimum Gasteiger partial charge on any atom is -0.507 e. The number of nitrogens with one attached hydrogen (secondary N) is 1. The van der Waals surface area contributed by atoms with Gasteiger partial charge in [0.1, 0.15) is 17.3 Å². The van der Waals surface area contributed by atoms with Gasteiger partial charge in [-0.05, 0) is 47.2 Å². The molecule has 0 aliphatic carbocycles. The molecule has 5 nitrogen and oxygen atoms in total. The zero-order valence-electron chi connectivity index (χ0n) is 11.8. The van der Waals surface area contributed by atoms with Crippen molar-refractivity contribution in [2.75, 3.05) is 19.5 Å². The van der Waals surface area contributed by atoms with Gasteiger partial charge in [0.25, 0.3) is 0 Å². The fourth-order valence-electron chi connectivity index (χ4n) is 2.21. The molecule has 5 heteroatoms. The van der Waals surface area contributed by atoms with Crippen molar-refractivity contribution in [1.29, 1.82) is 0 Å². The van der Waals surface area contributed by atoms with E-state index in [0.29, 0.717) is 17.1 Å². The van der Waals surface area contributed by atoms with Crippen molar-refractivity contribution in [3.8, 4) is 22.8 Å². The lowest BCUT2D eigenvalue weighted by molar-refractivity contribution is 0.415. The van der Waals surface area contributed by atoms with E-state index in [1.54, 1.807) is 20.2 Å². The van der Waals surface area contributed by atoms with Crippen LogP contribution in [0.15, 0.2) is 42.5 Å². The van der Waals surface area contributed by atoms with Gasteiger partial charge in [-0.2, -0.15) is 0 Å². The lowest BCUT2D eigenvalue weighted by Crippen LogP contribution is -1.95. The number of phenolic OH excluding ortho intramolecular Hbond substituents is 1. The molecule has 2 aromatic carbocycles. The normalized spacial score (nSPS) is 10.6. The van der Waals surface area contributed by atoms with Crippen molar-refractivity contribution in [3.05, 3.63) is 42.5 Å². The summed E-state index contributed by atoms with van der Waals surface area (Å²) in [6.07, 6.45) is 0. The molecule has 1 aromatic heterocycles. The second kappa shape index (κ2) is 5.28. The molecule has 0 bridgehead atoms. The highest BCUT2D eigenvalue weighted by Gasteiger charge is 2.09. The van der Waals surface area contributed by atoms with E-state index >= 15 is 0 Å². The van der Waals surface area contributed by atoms with Gasteiger partial charge in [-0.1, -0.05) is 6.07 Å². The molecule has 21 heavy (non-hydrogen) atoms. The first-order chi connectivity index (χ1) is 10.2. The predicted molar refractivity (Wildman–Crippen MR) is 82.7 cm³/mol. The summed E-state index contributed by atoms with van der Waals surface area (Å²) in [7, 11) is 3.40. The first kappa shape index (κ1) is 13.2. The number of nitrogens with zero attached hydrogens (tertiary/aromatic N) is 2. The third-order valence-electron chi connectivity index (χ3n) is 3.36. The standard InChI is InChI=1S/C16H15N3O2/c1-17-16-6-5-14(18-19-16)13-8-10-3-4-12(21-2)7-11(10)9-15(13)20/h3-9,20H,1-2H3,(H,17,19). The maximum atomic E-state index is 10.2. The number of hydrogen-bond donors (Lipinski definition) is 2. The summed E-state index contributed by atoms with van der Waals surface area (Å²) in [5, 5.41) is 23.2. The molecule has 0 unspecified atom stereocenters. The molecule has 0 aliphatic heterocycles. The summed E-state index contributed by atoms with van der Waals surface area (Å²) < 4.78 is 5.19. The van der Waals surface area contributed by atoms with E-state index in [2.05, 4.69) is 15.5 Å². The van der Waals surface area contributed by atoms with Gasteiger partial charge in [-0.25, -0.2) is 0 Å². The summed E-state index contributed by atoms with van der Waals surface area (Å²) in [6.45, 7) is 0. The molecule has 0 saturated heterocycles. The lowest BCUT2D eigenvalue weighted by atomic mass is 10.0. The number of rotatable bonds is 3. The molecular weight excluding hydrogens is 266 g/mol. The van der Waals surface area contributed by atoms with Crippen LogP contribution in [0.4, 0.5) is 5.82 Å². The highest BCUT2D eigenvalue weighted by Crippen LogP contribution is 2.33. The molecule has 0 radical (unpaired) electrons. The van der Waals surface area contributed by atoms with Crippen molar-refractivity contribution >= 4 is 16.6 Å². The Morgan fingerprint density at radius 1 is 1.00 bits per heavy atom. The molecule has 0 fully saturated rings. The summed E-state index contributed by atoms with van der Waals surface area (Å²) >= 11 is 0. The van der Waals surface area contributed by atoms with Crippen LogP contribution in [0.2, 0.25) is 0 Å². The number of aromatic nitrogens is 2. The van der Waals surface area contributed by atoms with Crippen molar-refractivity contribution < 1.29 is 9.84 Å². The number of hydrogen-bond acceptors (Lipinski definition) is 5. The quantitative estimate of drug-likeness (QED) is 0.772. The van der Waals surface area contributed by atoms with Gasteiger partial charge in [0.15, 0.2) is 0 Å². The van der Waals surface area contributed by atoms with Gasteiger partial charge in [0.05, 0.1) is 12.8 Å². The molecule has 0 spiro atoms. The Hall–Kier alpha value is -2.82. The number of ether oxygens (including phenoxy) is 1. The van der Waals surface area contributed by atoms with E-state index in [9.17, 15) is 5.11 Å². The summed E-state index contributed by atoms with van der Waals surface area (Å²) in [5.74, 6) is 1.61. The molecule has 1 heterocycles. The van der Waals surface area contributed by atoms with E-state index in [1.807, 2.05) is 36.4 Å². The monoisotopic (exact) mass is 281 g/mol. The van der Waals surface area contributed by atoms with Crippen LogP contribution in [-0.4, -0.2) is 29.5 Å². The topological polar surface area (TPSA) is 67.3 Å². The zero-order chi connectivity index (χ0) is 14.8. The highest BCUT2D eigenvalue weighted by atomic mass is 16.5. The fraction of sp³-hybridized carbons (Fsp3) is 0.125. The third-order valence-corrected chi connectivity index (χ3v) is 3.36. The SMILES string of the molecule is CNc1ccc(-c2cc3ccc(OC)cc3cc2O)nn1. The summed E-state index contributed by atoms with van der Waals surface area (Å²) in [6, 6.07) is 13.0. The second-order valence-electron chi connectivity index (χ2n) is 4.64. The molecule has 3 aromatic rings. The number of fused-ring (bicyclic) bond motifs is 1. The average molecular weight is 281 g/mol. The van der Waals surface area contributed by atoms with Gasteiger partial charge in [-0.15, -0.1) is 10.2 Å². The molecule has 3 rings (SSSR count). The van der Waals surface area contributed by atoms with Crippen LogP contribution >= 0.6 is 0 Å². The Morgan fingerprint density at radius 3 is 2.52 bits per heavy atom. The average Bonchev–Trinajstić information content (AvgIpc) is 2.53. The highest BCUT2D eigenvalue weighted by molar-refractivity contribution is 5.90. The van der Waals surface area contributed by atoms with Gasteiger partial charge < -0.3 is 15.2 Å². The van der Waals surface area contributed by atoms with E-state index in [1.165, 1.54) is 0 Å². The van der Waals surface area contributed by atoms with Crippen LogP contribution < -0.4 is 10.1 Å². The summed E-state index contributed by atoms with van der Waals surface area (Å²) in [5.41, 5.74) is 1.28. The van der Waals surface area contributed by atoms with Gasteiger partial charge in [0.2, 0.25) is 0 Å². The van der Waals surface area contributed by atoms with E-state index in [-0.39, 0.29) is 5.75 Å². The Kier molecular flexibility index (Phi) is 3.31. The Bertz CT molecular complexity index is 785. The van der Waals surface area contributed by atoms with Crippen LogP contribution in [0, 0.1) is 0 Å². The maximum absolute atomic E-state index is 10.2. The van der Waals surface area contributed by atoms with Crippen molar-refractivity contribution in [2.45, 2.75) is 0 Å². The smallest absolute Gasteiger partial charge is 0.148 e. The number of benzene rings is 2. The van der Waals surface area contributed by atoms with Gasteiger partial charge >= 0.3 is 0 Å². The van der Waals surface area contributed by atoms with E-state index in [0.717, 1.165) is 16.5 Å². The zero-order valence-corrected chi connectivity index (χ0v) is 11.8. The largest absolute Gasteiger partial charge is 0.507 e. The lowest BCUT2D eigenvalue weighted by Gasteiger charge is -2.08. The van der Waals surface area contributed by atoms with Gasteiger partial charge in [0, 0.05) is 12.6 Å². The van der Waals surface area contributed by atoms with Crippen molar-refractivity contribution in [1.82, 2.24) is 10.2 Å². The van der Waals surface area contributed by atoms with E-state index in [4.69, 9.17) is 4.74 Å². The van der Waals surface area contributed by atoms with E-state index < -0.39 is 0 Å². The Morgan fingerprint density at radius 2 is 1.86 bits per heavy atom. The molecule has 2 N–H and O–H groups in total. The van der Waals surface area contributed by atoms with Crippen LogP contribution in [-0.2, 0) is 0 Å². The number of methoxy groups -OCH3 is 1. The fourth-order valence-corrected chi connectivity index (χ4v) is 2.21. The van der Waals surface area contributed by atoms with Crippen molar-refractivity contribution in [3.63, 3.8) is 0 Å². The Balaban J connectivity index is 2.11. The van der Waals surface area contributed by atoms with Crippen LogP contribution in [0.3, 0.4) is 0 Å². The molecule has 0 amide bonds. The maximum Gasteiger partial charge on any atom is 0.148 e. The second-order valence-corrected chi connectivity index (χ2v) is 4.64. The first-order valence-corrected chi connectivity index (χ1v) is 6.54. The first-order valence-electron chi connectivity index (χ1n) is 6.54. The minimum atomic E-state index is 0.169. The molecule has 0 atom stereocenters. The number of aromatic hydroxyl groups is 1. The minimum absolute atomic E-state index is 0.169. The van der Waals surface area contributed by atoms with Crippen LogP contribution in [0.5, 0.6) is 11.5 Å². The van der Waals surface area contributed by atoms with Crippen molar-refractivity contribution in [2.24, 2.45) is 0 Å². The summed E-state index contributed by atoms with van der Waals surface area (Å²) in [4.78, 5) is 0. The predicted octanol–water partition coefficient (Wildman–Crippen LogP) is 3.05.